The summed E-state index contributed by atoms with van der Waals surface area (Å²) in [6.07, 6.45) is 8.46. The molecule has 2 rings (SSSR count). The molecule has 0 aliphatic heterocycles. The maximum atomic E-state index is 10.4. The summed E-state index contributed by atoms with van der Waals surface area (Å²) in [6, 6.07) is 4.16. The molecule has 0 aromatic carbocycles. The first-order valence-corrected chi connectivity index (χ1v) is 6.75. The number of aryl methyl sites for hydroxylation is 1. The molecule has 1 fully saturated rings. The van der Waals surface area contributed by atoms with Gasteiger partial charge in [0.25, 0.3) is 0 Å². The highest BCUT2D eigenvalue weighted by Crippen LogP contribution is 2.34. The van der Waals surface area contributed by atoms with E-state index in [1.165, 1.54) is 24.8 Å². The number of rotatable bonds is 5. The van der Waals surface area contributed by atoms with Crippen LogP contribution in [0.1, 0.15) is 50.8 Å². The highest BCUT2D eigenvalue weighted by atomic mass is 16.3. The van der Waals surface area contributed by atoms with Crippen LogP contribution in [0.3, 0.4) is 0 Å². The summed E-state index contributed by atoms with van der Waals surface area (Å²) in [5, 5.41) is 10.4. The van der Waals surface area contributed by atoms with Crippen molar-refractivity contribution < 1.29 is 5.11 Å². The lowest BCUT2D eigenvalue weighted by atomic mass is 9.76. The number of pyridine rings is 1. The summed E-state index contributed by atoms with van der Waals surface area (Å²) in [7, 11) is 0. The molecule has 1 aliphatic rings. The molecule has 2 nitrogen and oxygen atoms in total. The van der Waals surface area contributed by atoms with Gasteiger partial charge in [0.15, 0.2) is 0 Å². The largest absolute Gasteiger partial charge is 0.390 e. The fourth-order valence-electron chi connectivity index (χ4n) is 2.55. The Hall–Kier alpha value is -0.890. The van der Waals surface area contributed by atoms with E-state index in [2.05, 4.69) is 18.0 Å². The van der Waals surface area contributed by atoms with Gasteiger partial charge >= 0.3 is 0 Å². The van der Waals surface area contributed by atoms with Gasteiger partial charge in [-0.2, -0.15) is 0 Å². The van der Waals surface area contributed by atoms with E-state index in [0.717, 1.165) is 24.5 Å². The van der Waals surface area contributed by atoms with Crippen molar-refractivity contribution in [2.24, 2.45) is 5.92 Å². The number of aliphatic hydroxyl groups is 1. The van der Waals surface area contributed by atoms with Gasteiger partial charge in [-0.25, -0.2) is 0 Å². The number of hydrogen-bond donors (Lipinski definition) is 1. The van der Waals surface area contributed by atoms with Crippen molar-refractivity contribution in [2.75, 3.05) is 0 Å². The molecule has 1 unspecified atom stereocenters. The van der Waals surface area contributed by atoms with Gasteiger partial charge in [-0.05, 0) is 37.3 Å². The quantitative estimate of drug-likeness (QED) is 0.847. The molecular weight excluding hydrogens is 210 g/mol. The van der Waals surface area contributed by atoms with Gasteiger partial charge in [0, 0.05) is 18.3 Å². The SMILES string of the molecule is CCc1ccc(CC(C)(O)CC2CCC2)nc1. The molecule has 2 heteroatoms. The summed E-state index contributed by atoms with van der Waals surface area (Å²) in [5.41, 5.74) is 1.67. The highest BCUT2D eigenvalue weighted by molar-refractivity contribution is 5.15. The second-order valence-electron chi connectivity index (χ2n) is 5.69. The lowest BCUT2D eigenvalue weighted by Gasteiger charge is -2.33. The highest BCUT2D eigenvalue weighted by Gasteiger charge is 2.29. The lowest BCUT2D eigenvalue weighted by Crippen LogP contribution is -2.32. The van der Waals surface area contributed by atoms with Crippen LogP contribution in [0.4, 0.5) is 0 Å². The minimum atomic E-state index is -0.591. The molecule has 1 aliphatic carbocycles. The van der Waals surface area contributed by atoms with Gasteiger partial charge < -0.3 is 5.11 Å². The van der Waals surface area contributed by atoms with E-state index < -0.39 is 5.60 Å². The van der Waals surface area contributed by atoms with Crippen molar-refractivity contribution in [1.29, 1.82) is 0 Å². The van der Waals surface area contributed by atoms with Gasteiger partial charge in [0.2, 0.25) is 0 Å². The molecule has 1 aromatic rings. The van der Waals surface area contributed by atoms with Gasteiger partial charge in [-0.15, -0.1) is 0 Å². The summed E-state index contributed by atoms with van der Waals surface area (Å²) < 4.78 is 0. The summed E-state index contributed by atoms with van der Waals surface area (Å²) in [5.74, 6) is 0.736. The fourth-order valence-corrected chi connectivity index (χ4v) is 2.55. The molecule has 1 saturated carbocycles. The Balaban J connectivity index is 1.92. The molecule has 0 saturated heterocycles. The van der Waals surface area contributed by atoms with Gasteiger partial charge in [0.05, 0.1) is 5.60 Å². The zero-order valence-corrected chi connectivity index (χ0v) is 10.9. The Labute approximate surface area is 104 Å². The normalized spacial score (nSPS) is 19.7. The maximum Gasteiger partial charge on any atom is 0.0677 e. The smallest absolute Gasteiger partial charge is 0.0677 e. The van der Waals surface area contributed by atoms with E-state index >= 15 is 0 Å². The molecule has 0 spiro atoms. The summed E-state index contributed by atoms with van der Waals surface area (Å²) >= 11 is 0. The molecule has 1 atom stereocenters. The van der Waals surface area contributed by atoms with Crippen LogP contribution < -0.4 is 0 Å². The zero-order chi connectivity index (χ0) is 12.3. The maximum absolute atomic E-state index is 10.4. The Kier molecular flexibility index (Phi) is 3.82. The molecular formula is C15H23NO. The number of hydrogen-bond acceptors (Lipinski definition) is 2. The molecule has 0 amide bonds. The topological polar surface area (TPSA) is 33.1 Å². The molecule has 1 heterocycles. The van der Waals surface area contributed by atoms with E-state index in [0.29, 0.717) is 6.42 Å². The van der Waals surface area contributed by atoms with Crippen LogP contribution in [0.15, 0.2) is 18.3 Å². The van der Waals surface area contributed by atoms with E-state index in [9.17, 15) is 5.11 Å². The number of aromatic nitrogens is 1. The van der Waals surface area contributed by atoms with Gasteiger partial charge in [0.1, 0.15) is 0 Å². The predicted molar refractivity (Wildman–Crippen MR) is 69.9 cm³/mol. The van der Waals surface area contributed by atoms with Gasteiger partial charge in [-0.1, -0.05) is 32.3 Å². The molecule has 1 aromatic heterocycles. The minimum Gasteiger partial charge on any atom is -0.390 e. The third-order valence-corrected chi connectivity index (χ3v) is 3.81. The van der Waals surface area contributed by atoms with Crippen molar-refractivity contribution >= 4 is 0 Å². The van der Waals surface area contributed by atoms with Crippen molar-refractivity contribution in [3.8, 4) is 0 Å². The van der Waals surface area contributed by atoms with Crippen LogP contribution in [0.2, 0.25) is 0 Å². The minimum absolute atomic E-state index is 0.591. The molecule has 94 valence electrons. The van der Waals surface area contributed by atoms with Crippen LogP contribution in [0.25, 0.3) is 0 Å². The van der Waals surface area contributed by atoms with E-state index in [1.54, 1.807) is 0 Å². The van der Waals surface area contributed by atoms with Crippen molar-refractivity contribution in [1.82, 2.24) is 4.98 Å². The predicted octanol–water partition coefficient (Wildman–Crippen LogP) is 3.13. The second-order valence-corrected chi connectivity index (χ2v) is 5.69. The molecule has 17 heavy (non-hydrogen) atoms. The fraction of sp³-hybridized carbons (Fsp3) is 0.667. The average Bonchev–Trinajstić information content (AvgIpc) is 2.24. The monoisotopic (exact) mass is 233 g/mol. The van der Waals surface area contributed by atoms with Crippen LogP contribution in [0.5, 0.6) is 0 Å². The first-order valence-electron chi connectivity index (χ1n) is 6.75. The Bertz CT molecular complexity index is 352. The molecule has 1 N–H and O–H groups in total. The summed E-state index contributed by atoms with van der Waals surface area (Å²) in [4.78, 5) is 4.43. The first-order chi connectivity index (χ1) is 8.09. The zero-order valence-electron chi connectivity index (χ0n) is 10.9. The first kappa shape index (κ1) is 12.6. The number of nitrogens with zero attached hydrogens (tertiary/aromatic N) is 1. The average molecular weight is 233 g/mol. The summed E-state index contributed by atoms with van der Waals surface area (Å²) in [6.45, 7) is 4.07. The van der Waals surface area contributed by atoms with Crippen LogP contribution in [-0.2, 0) is 12.8 Å². The Morgan fingerprint density at radius 2 is 2.18 bits per heavy atom. The Morgan fingerprint density at radius 1 is 1.41 bits per heavy atom. The van der Waals surface area contributed by atoms with Crippen molar-refractivity contribution in [2.45, 2.75) is 58.0 Å². The Morgan fingerprint density at radius 3 is 2.65 bits per heavy atom. The standard InChI is InChI=1S/C15H23NO/c1-3-12-7-8-14(16-11-12)10-15(2,17)9-13-5-4-6-13/h7-8,11,13,17H,3-6,9-10H2,1-2H3. The molecule has 0 radical (unpaired) electrons. The van der Waals surface area contributed by atoms with Crippen LogP contribution in [-0.4, -0.2) is 15.7 Å². The lowest BCUT2D eigenvalue weighted by molar-refractivity contribution is 0.0196. The third-order valence-electron chi connectivity index (χ3n) is 3.81. The van der Waals surface area contributed by atoms with Gasteiger partial charge in [-0.3, -0.25) is 4.98 Å². The van der Waals surface area contributed by atoms with E-state index in [4.69, 9.17) is 0 Å². The second kappa shape index (κ2) is 5.18. The van der Waals surface area contributed by atoms with Crippen LogP contribution >= 0.6 is 0 Å². The van der Waals surface area contributed by atoms with Crippen LogP contribution in [0, 0.1) is 5.92 Å². The molecule has 0 bridgehead atoms. The van der Waals surface area contributed by atoms with Crippen molar-refractivity contribution in [3.05, 3.63) is 29.6 Å². The van der Waals surface area contributed by atoms with Crippen molar-refractivity contribution in [3.63, 3.8) is 0 Å². The van der Waals surface area contributed by atoms with E-state index in [1.807, 2.05) is 19.2 Å². The van der Waals surface area contributed by atoms with E-state index in [-0.39, 0.29) is 0 Å². The third kappa shape index (κ3) is 3.53.